The first-order valence-corrected chi connectivity index (χ1v) is 10.1. The van der Waals surface area contributed by atoms with Crippen molar-refractivity contribution in [1.82, 2.24) is 15.0 Å². The number of rotatable bonds is 6. The van der Waals surface area contributed by atoms with Crippen molar-refractivity contribution in [2.24, 2.45) is 10.7 Å². The standard InChI is InChI=1S/C23H26N6/c1-2-18-10-7-15-29(18)22-12-6-11-21(28-22)27-20(23-25-13-14-26-23)16-19(24)17-8-4-3-5-9-17/h3-6,8-9,11-14,16,18H,2,7,10,15,24H2,1H3,(H,25,26)/b19-16-,27-20?. The van der Waals surface area contributed by atoms with Crippen molar-refractivity contribution in [2.45, 2.75) is 32.2 Å². The molecule has 2 aromatic heterocycles. The Morgan fingerprint density at radius 2 is 2.10 bits per heavy atom. The van der Waals surface area contributed by atoms with Gasteiger partial charge in [-0.15, -0.1) is 0 Å². The fraction of sp³-hybridized carbons (Fsp3) is 0.261. The smallest absolute Gasteiger partial charge is 0.156 e. The third kappa shape index (κ3) is 4.37. The van der Waals surface area contributed by atoms with E-state index in [4.69, 9.17) is 15.7 Å². The van der Waals surface area contributed by atoms with Gasteiger partial charge >= 0.3 is 0 Å². The van der Waals surface area contributed by atoms with Crippen LogP contribution in [0.1, 0.15) is 37.6 Å². The second kappa shape index (κ2) is 8.73. The average molecular weight is 387 g/mol. The Labute approximate surface area is 171 Å². The van der Waals surface area contributed by atoms with Crippen molar-refractivity contribution in [1.29, 1.82) is 0 Å². The van der Waals surface area contributed by atoms with E-state index in [0.29, 0.717) is 29.1 Å². The maximum absolute atomic E-state index is 6.33. The Balaban J connectivity index is 1.70. The summed E-state index contributed by atoms with van der Waals surface area (Å²) < 4.78 is 0. The number of H-pyrrole nitrogens is 1. The highest BCUT2D eigenvalue weighted by molar-refractivity contribution is 6.10. The van der Waals surface area contributed by atoms with Gasteiger partial charge in [0.25, 0.3) is 0 Å². The number of pyridine rings is 1. The number of imidazole rings is 1. The summed E-state index contributed by atoms with van der Waals surface area (Å²) in [7, 11) is 0. The highest BCUT2D eigenvalue weighted by Crippen LogP contribution is 2.27. The fourth-order valence-electron chi connectivity index (χ4n) is 3.74. The van der Waals surface area contributed by atoms with Gasteiger partial charge in [-0.05, 0) is 43.0 Å². The Morgan fingerprint density at radius 3 is 2.86 bits per heavy atom. The van der Waals surface area contributed by atoms with E-state index >= 15 is 0 Å². The molecule has 0 radical (unpaired) electrons. The van der Waals surface area contributed by atoms with Crippen LogP contribution in [0.3, 0.4) is 0 Å². The molecule has 1 atom stereocenters. The molecule has 1 aliphatic rings. The van der Waals surface area contributed by atoms with E-state index in [1.54, 1.807) is 12.4 Å². The molecule has 4 rings (SSSR count). The lowest BCUT2D eigenvalue weighted by atomic mass is 10.1. The number of aromatic amines is 1. The van der Waals surface area contributed by atoms with E-state index in [2.05, 4.69) is 27.9 Å². The molecule has 6 heteroatoms. The van der Waals surface area contributed by atoms with Crippen LogP contribution in [-0.4, -0.2) is 33.3 Å². The third-order valence-electron chi connectivity index (χ3n) is 5.24. The molecule has 1 aliphatic heterocycles. The van der Waals surface area contributed by atoms with Gasteiger partial charge in [-0.1, -0.05) is 43.3 Å². The predicted octanol–water partition coefficient (Wildman–Crippen LogP) is 4.30. The largest absolute Gasteiger partial charge is 0.398 e. The summed E-state index contributed by atoms with van der Waals surface area (Å²) in [5.74, 6) is 2.28. The Morgan fingerprint density at radius 1 is 1.24 bits per heavy atom. The van der Waals surface area contributed by atoms with E-state index in [1.807, 2.05) is 48.5 Å². The summed E-state index contributed by atoms with van der Waals surface area (Å²) in [5.41, 5.74) is 8.55. The van der Waals surface area contributed by atoms with Gasteiger partial charge in [-0.3, -0.25) is 0 Å². The van der Waals surface area contributed by atoms with Gasteiger partial charge in [0.05, 0.1) is 0 Å². The van der Waals surface area contributed by atoms with Gasteiger partial charge in [0.2, 0.25) is 0 Å². The first kappa shape index (κ1) is 18.9. The minimum absolute atomic E-state index is 0.555. The minimum atomic E-state index is 0.555. The van der Waals surface area contributed by atoms with Crippen LogP contribution in [0.2, 0.25) is 0 Å². The number of nitrogens with two attached hydrogens (primary N) is 1. The predicted molar refractivity (Wildman–Crippen MR) is 118 cm³/mol. The lowest BCUT2D eigenvalue weighted by Gasteiger charge is -2.24. The molecule has 3 heterocycles. The summed E-state index contributed by atoms with van der Waals surface area (Å²) in [6, 6.07) is 16.4. The van der Waals surface area contributed by atoms with Crippen LogP contribution in [-0.2, 0) is 0 Å². The number of allylic oxidation sites excluding steroid dienone is 1. The van der Waals surface area contributed by atoms with Gasteiger partial charge in [-0.2, -0.15) is 0 Å². The monoisotopic (exact) mass is 386 g/mol. The van der Waals surface area contributed by atoms with Gasteiger partial charge in [0.15, 0.2) is 11.6 Å². The zero-order valence-electron chi connectivity index (χ0n) is 16.6. The number of aromatic nitrogens is 3. The number of nitrogens with one attached hydrogen (secondary N) is 1. The Kier molecular flexibility index (Phi) is 5.70. The molecule has 6 nitrogen and oxygen atoms in total. The SMILES string of the molecule is CCC1CCCN1c1cccc(N=C(/C=C(\N)c2ccccc2)c2ncc[nH]2)n1. The molecule has 1 aromatic carbocycles. The first-order valence-electron chi connectivity index (χ1n) is 10.1. The first-order chi connectivity index (χ1) is 14.2. The van der Waals surface area contributed by atoms with Gasteiger partial charge in [0.1, 0.15) is 11.5 Å². The van der Waals surface area contributed by atoms with E-state index in [-0.39, 0.29) is 0 Å². The topological polar surface area (TPSA) is 83.2 Å². The third-order valence-corrected chi connectivity index (χ3v) is 5.24. The lowest BCUT2D eigenvalue weighted by Crippen LogP contribution is -2.29. The minimum Gasteiger partial charge on any atom is -0.398 e. The van der Waals surface area contributed by atoms with E-state index < -0.39 is 0 Å². The molecule has 1 saturated heterocycles. The summed E-state index contributed by atoms with van der Waals surface area (Å²) in [5, 5.41) is 0. The van der Waals surface area contributed by atoms with Crippen LogP contribution >= 0.6 is 0 Å². The molecule has 1 unspecified atom stereocenters. The van der Waals surface area contributed by atoms with Crippen molar-refractivity contribution >= 4 is 23.0 Å². The highest BCUT2D eigenvalue weighted by atomic mass is 15.2. The molecular weight excluding hydrogens is 360 g/mol. The highest BCUT2D eigenvalue weighted by Gasteiger charge is 2.24. The molecule has 0 bridgehead atoms. The average Bonchev–Trinajstić information content (AvgIpc) is 3.46. The molecule has 0 aliphatic carbocycles. The second-order valence-corrected chi connectivity index (χ2v) is 7.15. The number of anilines is 1. The zero-order chi connectivity index (χ0) is 20.1. The van der Waals surface area contributed by atoms with Crippen LogP contribution in [0, 0.1) is 0 Å². The van der Waals surface area contributed by atoms with E-state index in [1.165, 1.54) is 12.8 Å². The van der Waals surface area contributed by atoms with E-state index in [9.17, 15) is 0 Å². The maximum atomic E-state index is 6.33. The van der Waals surface area contributed by atoms with Crippen molar-refractivity contribution in [2.75, 3.05) is 11.4 Å². The van der Waals surface area contributed by atoms with Crippen LogP contribution in [0.5, 0.6) is 0 Å². The van der Waals surface area contributed by atoms with Crippen molar-refractivity contribution in [3.8, 4) is 0 Å². The number of nitrogens with zero attached hydrogens (tertiary/aromatic N) is 4. The molecule has 3 N–H and O–H groups in total. The van der Waals surface area contributed by atoms with E-state index in [0.717, 1.165) is 24.3 Å². The Bertz CT molecular complexity index is 991. The molecule has 29 heavy (non-hydrogen) atoms. The lowest BCUT2D eigenvalue weighted by molar-refractivity contribution is 0.641. The van der Waals surface area contributed by atoms with Crippen LogP contribution < -0.4 is 10.6 Å². The molecule has 0 amide bonds. The molecule has 0 saturated carbocycles. The van der Waals surface area contributed by atoms with Gasteiger partial charge in [-0.25, -0.2) is 15.0 Å². The second-order valence-electron chi connectivity index (χ2n) is 7.15. The number of hydrogen-bond acceptors (Lipinski definition) is 5. The summed E-state index contributed by atoms with van der Waals surface area (Å²) in [4.78, 5) is 19.5. The number of aliphatic imine (C=N–C) groups is 1. The van der Waals surface area contributed by atoms with Crippen LogP contribution in [0.25, 0.3) is 5.70 Å². The van der Waals surface area contributed by atoms with Gasteiger partial charge in [0, 0.05) is 30.7 Å². The fourth-order valence-corrected chi connectivity index (χ4v) is 3.74. The van der Waals surface area contributed by atoms with Crippen LogP contribution in [0.4, 0.5) is 11.6 Å². The molecule has 1 fully saturated rings. The van der Waals surface area contributed by atoms with Crippen molar-refractivity contribution < 1.29 is 0 Å². The Hall–Kier alpha value is -3.41. The van der Waals surface area contributed by atoms with Crippen molar-refractivity contribution in [3.63, 3.8) is 0 Å². The summed E-state index contributed by atoms with van der Waals surface area (Å²) >= 11 is 0. The summed E-state index contributed by atoms with van der Waals surface area (Å²) in [6.45, 7) is 3.28. The number of benzene rings is 1. The quantitative estimate of drug-likeness (QED) is 0.619. The molecule has 0 spiro atoms. The molecule has 3 aromatic rings. The molecular formula is C23H26N6. The number of hydrogen-bond donors (Lipinski definition) is 2. The van der Waals surface area contributed by atoms with Gasteiger partial charge < -0.3 is 15.6 Å². The van der Waals surface area contributed by atoms with Crippen molar-refractivity contribution in [3.05, 3.63) is 78.4 Å². The maximum Gasteiger partial charge on any atom is 0.156 e. The zero-order valence-corrected chi connectivity index (χ0v) is 16.6. The summed E-state index contributed by atoms with van der Waals surface area (Å²) in [6.07, 6.45) is 8.88. The van der Waals surface area contributed by atoms with Crippen LogP contribution in [0.15, 0.2) is 72.0 Å². The molecule has 148 valence electrons. The normalized spacial score (nSPS) is 17.7.